The summed E-state index contributed by atoms with van der Waals surface area (Å²) in [5, 5.41) is 1.85. The summed E-state index contributed by atoms with van der Waals surface area (Å²) in [4.78, 5) is 17.6. The zero-order valence-electron chi connectivity index (χ0n) is 13.2. The first kappa shape index (κ1) is 15.6. The highest BCUT2D eigenvalue weighted by atomic mass is 32.1. The van der Waals surface area contributed by atoms with Crippen LogP contribution in [0.5, 0.6) is 11.5 Å². The maximum atomic E-state index is 11.7. The summed E-state index contributed by atoms with van der Waals surface area (Å²) >= 11 is 1.32. The molecule has 0 radical (unpaired) electrons. The number of carbonyl (C=O) groups excluding carboxylic acids is 1. The normalized spacial score (nSPS) is 10.9. The molecule has 0 aliphatic carbocycles. The molecule has 1 aromatic carbocycles. The minimum absolute atomic E-state index is 0.345. The van der Waals surface area contributed by atoms with E-state index < -0.39 is 0 Å². The summed E-state index contributed by atoms with van der Waals surface area (Å²) in [6, 6.07) is 7.60. The fraction of sp³-hybridized carbons (Fsp3) is 0.294. The zero-order chi connectivity index (χ0) is 16.4. The van der Waals surface area contributed by atoms with E-state index in [0.717, 1.165) is 21.1 Å². The van der Waals surface area contributed by atoms with Gasteiger partial charge in [0.25, 0.3) is 0 Å². The Hall–Kier alpha value is -2.34. The third kappa shape index (κ3) is 2.94. The number of esters is 1. The van der Waals surface area contributed by atoms with Crippen molar-refractivity contribution >= 4 is 38.4 Å². The van der Waals surface area contributed by atoms with E-state index in [1.165, 1.54) is 18.4 Å². The largest absolute Gasteiger partial charge is 0.490 e. The summed E-state index contributed by atoms with van der Waals surface area (Å²) in [5.74, 6) is 1.03. The highest BCUT2D eigenvalue weighted by molar-refractivity contribution is 7.20. The van der Waals surface area contributed by atoms with E-state index in [-0.39, 0.29) is 5.97 Å². The highest BCUT2D eigenvalue weighted by Gasteiger charge is 2.14. The van der Waals surface area contributed by atoms with Crippen LogP contribution < -0.4 is 9.47 Å². The Morgan fingerprint density at radius 3 is 2.39 bits per heavy atom. The van der Waals surface area contributed by atoms with Crippen LogP contribution in [0.1, 0.15) is 23.5 Å². The smallest absolute Gasteiger partial charge is 0.348 e. The fourth-order valence-electron chi connectivity index (χ4n) is 2.38. The SMILES string of the molecule is CCOc1cc2cc3cc(C(=O)OC)sc3nc2cc1OCC. The Kier molecular flexibility index (Phi) is 4.34. The fourth-order valence-corrected chi connectivity index (χ4v) is 3.32. The summed E-state index contributed by atoms with van der Waals surface area (Å²) in [6.07, 6.45) is 0. The Morgan fingerprint density at radius 2 is 1.74 bits per heavy atom. The molecule has 23 heavy (non-hydrogen) atoms. The van der Waals surface area contributed by atoms with E-state index >= 15 is 0 Å². The van der Waals surface area contributed by atoms with E-state index in [1.54, 1.807) is 6.07 Å². The van der Waals surface area contributed by atoms with Crippen molar-refractivity contribution < 1.29 is 19.0 Å². The van der Waals surface area contributed by atoms with E-state index in [1.807, 2.05) is 32.0 Å². The van der Waals surface area contributed by atoms with Gasteiger partial charge in [0.05, 0.1) is 25.8 Å². The van der Waals surface area contributed by atoms with Gasteiger partial charge in [-0.3, -0.25) is 0 Å². The number of methoxy groups -OCH3 is 1. The molecule has 0 aliphatic rings. The van der Waals surface area contributed by atoms with Gasteiger partial charge in [-0.2, -0.15) is 0 Å². The van der Waals surface area contributed by atoms with Gasteiger partial charge in [-0.1, -0.05) is 0 Å². The average Bonchev–Trinajstić information content (AvgIpc) is 2.96. The Labute approximate surface area is 137 Å². The van der Waals surface area contributed by atoms with Gasteiger partial charge in [-0.15, -0.1) is 11.3 Å². The number of pyridine rings is 1. The first-order valence-corrected chi connectivity index (χ1v) is 8.20. The van der Waals surface area contributed by atoms with Crippen molar-refractivity contribution in [3.63, 3.8) is 0 Å². The summed E-state index contributed by atoms with van der Waals surface area (Å²) < 4.78 is 16.1. The number of hydrogen-bond donors (Lipinski definition) is 0. The van der Waals surface area contributed by atoms with Gasteiger partial charge in [0, 0.05) is 16.8 Å². The van der Waals surface area contributed by atoms with Gasteiger partial charge in [-0.05, 0) is 32.0 Å². The minimum atomic E-state index is -0.345. The van der Waals surface area contributed by atoms with Crippen LogP contribution in [0.25, 0.3) is 21.1 Å². The lowest BCUT2D eigenvalue weighted by Gasteiger charge is -2.11. The molecule has 0 spiro atoms. The molecular formula is C17H17NO4S. The zero-order valence-corrected chi connectivity index (χ0v) is 14.0. The van der Waals surface area contributed by atoms with Crippen molar-refractivity contribution in [2.24, 2.45) is 0 Å². The molecule has 0 aliphatic heterocycles. The molecular weight excluding hydrogens is 314 g/mol. The summed E-state index contributed by atoms with van der Waals surface area (Å²) in [7, 11) is 1.37. The molecule has 0 amide bonds. The first-order chi connectivity index (χ1) is 11.2. The molecule has 5 nitrogen and oxygen atoms in total. The number of nitrogens with zero attached hydrogens (tertiary/aromatic N) is 1. The van der Waals surface area contributed by atoms with Crippen molar-refractivity contribution in [2.45, 2.75) is 13.8 Å². The van der Waals surface area contributed by atoms with E-state index in [4.69, 9.17) is 14.2 Å². The third-order valence-electron chi connectivity index (χ3n) is 3.35. The number of carbonyl (C=O) groups is 1. The van der Waals surface area contributed by atoms with Crippen LogP contribution in [0.2, 0.25) is 0 Å². The van der Waals surface area contributed by atoms with E-state index in [0.29, 0.717) is 29.6 Å². The second-order valence-electron chi connectivity index (χ2n) is 4.84. The molecule has 120 valence electrons. The topological polar surface area (TPSA) is 57.7 Å². The van der Waals surface area contributed by atoms with Crippen molar-refractivity contribution in [1.29, 1.82) is 0 Å². The van der Waals surface area contributed by atoms with Gasteiger partial charge in [0.15, 0.2) is 11.5 Å². The van der Waals surface area contributed by atoms with Crippen LogP contribution in [0, 0.1) is 0 Å². The van der Waals surface area contributed by atoms with Crippen LogP contribution in [-0.2, 0) is 4.74 Å². The number of ether oxygens (including phenoxy) is 3. The van der Waals surface area contributed by atoms with Crippen LogP contribution in [0.3, 0.4) is 0 Å². The lowest BCUT2D eigenvalue weighted by atomic mass is 10.1. The van der Waals surface area contributed by atoms with Gasteiger partial charge in [0.2, 0.25) is 0 Å². The van der Waals surface area contributed by atoms with Crippen LogP contribution in [-0.4, -0.2) is 31.3 Å². The standard InChI is InChI=1S/C17H17NO4S/c1-4-21-13-7-10-6-11-8-15(17(19)20-3)23-16(11)18-12(10)9-14(13)22-5-2/h6-9H,4-5H2,1-3H3. The molecule has 0 atom stereocenters. The lowest BCUT2D eigenvalue weighted by molar-refractivity contribution is 0.0606. The lowest BCUT2D eigenvalue weighted by Crippen LogP contribution is -1.98. The number of hydrogen-bond acceptors (Lipinski definition) is 6. The Bertz CT molecular complexity index is 809. The monoisotopic (exact) mass is 331 g/mol. The third-order valence-corrected chi connectivity index (χ3v) is 4.38. The van der Waals surface area contributed by atoms with Crippen LogP contribution in [0.15, 0.2) is 24.3 Å². The van der Waals surface area contributed by atoms with Crippen LogP contribution in [0.4, 0.5) is 0 Å². The van der Waals surface area contributed by atoms with Gasteiger partial charge in [0.1, 0.15) is 9.71 Å². The molecule has 0 saturated heterocycles. The Balaban J connectivity index is 2.17. The maximum Gasteiger partial charge on any atom is 0.348 e. The first-order valence-electron chi connectivity index (χ1n) is 7.38. The van der Waals surface area contributed by atoms with Gasteiger partial charge >= 0.3 is 5.97 Å². The molecule has 3 rings (SSSR count). The predicted molar refractivity (Wildman–Crippen MR) is 90.8 cm³/mol. The summed E-state index contributed by atoms with van der Waals surface area (Å²) in [6.45, 7) is 4.98. The quantitative estimate of drug-likeness (QED) is 0.661. The summed E-state index contributed by atoms with van der Waals surface area (Å²) in [5.41, 5.74) is 0.808. The van der Waals surface area contributed by atoms with Gasteiger partial charge < -0.3 is 14.2 Å². The number of fused-ring (bicyclic) bond motifs is 2. The molecule has 0 fully saturated rings. The molecule has 0 unspecified atom stereocenters. The minimum Gasteiger partial charge on any atom is -0.490 e. The van der Waals surface area contributed by atoms with E-state index in [9.17, 15) is 4.79 Å². The van der Waals surface area contributed by atoms with Crippen LogP contribution >= 0.6 is 11.3 Å². The number of aromatic nitrogens is 1. The van der Waals surface area contributed by atoms with Gasteiger partial charge in [-0.25, -0.2) is 9.78 Å². The molecule has 0 N–H and O–H groups in total. The molecule has 6 heteroatoms. The molecule has 3 aromatic rings. The average molecular weight is 331 g/mol. The molecule has 0 bridgehead atoms. The van der Waals surface area contributed by atoms with Crippen molar-refractivity contribution in [3.05, 3.63) is 29.1 Å². The van der Waals surface area contributed by atoms with Crippen molar-refractivity contribution in [1.82, 2.24) is 4.98 Å². The number of benzene rings is 1. The second kappa shape index (κ2) is 6.42. The highest BCUT2D eigenvalue weighted by Crippen LogP contribution is 2.35. The molecule has 2 aromatic heterocycles. The second-order valence-corrected chi connectivity index (χ2v) is 5.87. The number of thiophene rings is 1. The Morgan fingerprint density at radius 1 is 1.04 bits per heavy atom. The predicted octanol–water partition coefficient (Wildman–Crippen LogP) is 4.03. The molecule has 2 heterocycles. The number of rotatable bonds is 5. The van der Waals surface area contributed by atoms with Crippen molar-refractivity contribution in [3.8, 4) is 11.5 Å². The van der Waals surface area contributed by atoms with Crippen molar-refractivity contribution in [2.75, 3.05) is 20.3 Å². The maximum absolute atomic E-state index is 11.7. The van der Waals surface area contributed by atoms with E-state index in [2.05, 4.69) is 4.98 Å². The molecule has 0 saturated carbocycles.